The molecule has 0 unspecified atom stereocenters. The number of nitrogens with zero attached hydrogens (tertiary/aromatic N) is 2. The number of carbonyl (C=O) groups excluding carboxylic acids is 1. The van der Waals surface area contributed by atoms with Gasteiger partial charge >= 0.3 is 0 Å². The molecule has 0 radical (unpaired) electrons. The molecule has 0 aliphatic rings. The number of aryl methyl sites for hydroxylation is 1. The second kappa shape index (κ2) is 6.47. The van der Waals surface area contributed by atoms with Crippen LogP contribution in [0, 0.1) is 17.0 Å². The van der Waals surface area contributed by atoms with Crippen LogP contribution in [-0.4, -0.2) is 22.4 Å². The average molecular weight is 287 g/mol. The van der Waals surface area contributed by atoms with E-state index < -0.39 is 4.92 Å². The smallest absolute Gasteiger partial charge is 0.287 e. The Labute approximate surface area is 120 Å². The third-order valence-corrected chi connectivity index (χ3v) is 2.65. The van der Waals surface area contributed by atoms with Crippen LogP contribution in [0.4, 0.5) is 11.5 Å². The highest BCUT2D eigenvalue weighted by Gasteiger charge is 2.11. The highest BCUT2D eigenvalue weighted by molar-refractivity contribution is 5.91. The third-order valence-electron chi connectivity index (χ3n) is 2.65. The molecular weight excluding hydrogens is 274 g/mol. The van der Waals surface area contributed by atoms with Crippen molar-refractivity contribution in [3.05, 3.63) is 58.3 Å². The monoisotopic (exact) mass is 287 g/mol. The maximum absolute atomic E-state index is 11.7. The van der Waals surface area contributed by atoms with E-state index in [4.69, 9.17) is 4.74 Å². The van der Waals surface area contributed by atoms with Crippen LogP contribution in [0.25, 0.3) is 0 Å². The molecule has 2 rings (SSSR count). The maximum atomic E-state index is 11.7. The van der Waals surface area contributed by atoms with Gasteiger partial charge in [0.2, 0.25) is 0 Å². The van der Waals surface area contributed by atoms with Crippen LogP contribution in [0.3, 0.4) is 0 Å². The molecule has 21 heavy (non-hydrogen) atoms. The molecule has 0 bridgehead atoms. The molecule has 7 heteroatoms. The predicted octanol–water partition coefficient (Wildman–Crippen LogP) is 2.32. The zero-order chi connectivity index (χ0) is 15.2. The van der Waals surface area contributed by atoms with Crippen molar-refractivity contribution in [3.8, 4) is 5.75 Å². The summed E-state index contributed by atoms with van der Waals surface area (Å²) >= 11 is 0. The van der Waals surface area contributed by atoms with Crippen LogP contribution in [0.2, 0.25) is 0 Å². The molecule has 1 amide bonds. The molecule has 0 saturated carbocycles. The Morgan fingerprint density at radius 1 is 1.38 bits per heavy atom. The van der Waals surface area contributed by atoms with E-state index in [1.165, 1.54) is 6.07 Å². The summed E-state index contributed by atoms with van der Waals surface area (Å²) in [5, 5.41) is 13.2. The number of anilines is 1. The normalized spacial score (nSPS) is 9.95. The molecule has 0 aliphatic heterocycles. The largest absolute Gasteiger partial charge is 0.484 e. The van der Waals surface area contributed by atoms with Crippen molar-refractivity contribution in [2.24, 2.45) is 0 Å². The number of benzene rings is 1. The summed E-state index contributed by atoms with van der Waals surface area (Å²) in [6, 6.07) is 10.3. The van der Waals surface area contributed by atoms with Gasteiger partial charge in [-0.3, -0.25) is 14.9 Å². The summed E-state index contributed by atoms with van der Waals surface area (Å²) in [4.78, 5) is 25.7. The van der Waals surface area contributed by atoms with Gasteiger partial charge in [-0.1, -0.05) is 18.2 Å². The zero-order valence-corrected chi connectivity index (χ0v) is 11.3. The molecule has 1 N–H and O–H groups in total. The minimum Gasteiger partial charge on any atom is -0.484 e. The van der Waals surface area contributed by atoms with Gasteiger partial charge in [-0.05, 0) is 24.6 Å². The Balaban J connectivity index is 1.95. The molecule has 0 spiro atoms. The van der Waals surface area contributed by atoms with Crippen molar-refractivity contribution in [2.45, 2.75) is 6.92 Å². The van der Waals surface area contributed by atoms with Gasteiger partial charge in [0.05, 0.1) is 4.92 Å². The summed E-state index contributed by atoms with van der Waals surface area (Å²) in [6.07, 6.45) is 1.10. The number of amides is 1. The van der Waals surface area contributed by atoms with Crippen molar-refractivity contribution in [2.75, 3.05) is 11.9 Å². The number of nitrogens with one attached hydrogen (secondary N) is 1. The van der Waals surface area contributed by atoms with Crippen LogP contribution in [0.1, 0.15) is 5.56 Å². The number of carbonyl (C=O) groups is 1. The number of hydrogen-bond donors (Lipinski definition) is 1. The van der Waals surface area contributed by atoms with Gasteiger partial charge in [-0.15, -0.1) is 0 Å². The van der Waals surface area contributed by atoms with E-state index in [0.29, 0.717) is 11.3 Å². The van der Waals surface area contributed by atoms with Crippen molar-refractivity contribution >= 4 is 17.4 Å². The lowest BCUT2D eigenvalue weighted by atomic mass is 10.2. The van der Waals surface area contributed by atoms with Gasteiger partial charge in [0.1, 0.15) is 17.8 Å². The molecule has 1 aromatic carbocycles. The van der Waals surface area contributed by atoms with Crippen LogP contribution in [0.5, 0.6) is 5.75 Å². The van der Waals surface area contributed by atoms with Crippen molar-refractivity contribution < 1.29 is 14.5 Å². The Hall–Kier alpha value is -2.96. The minimum absolute atomic E-state index is 0.119. The number of hydrogen-bond acceptors (Lipinski definition) is 5. The number of pyridine rings is 1. The van der Waals surface area contributed by atoms with E-state index in [1.807, 2.05) is 6.07 Å². The van der Waals surface area contributed by atoms with Gasteiger partial charge in [0, 0.05) is 6.07 Å². The summed E-state index contributed by atoms with van der Waals surface area (Å²) in [6.45, 7) is 1.47. The van der Waals surface area contributed by atoms with Crippen molar-refractivity contribution in [1.82, 2.24) is 4.98 Å². The second-order valence-corrected chi connectivity index (χ2v) is 4.27. The SMILES string of the molecule is Cc1cc([N+](=O)[O-])cnc1NC(=O)COc1ccccc1. The molecule has 108 valence electrons. The lowest BCUT2D eigenvalue weighted by Gasteiger charge is -2.08. The number of aromatic nitrogens is 1. The first-order chi connectivity index (χ1) is 10.1. The lowest BCUT2D eigenvalue weighted by molar-refractivity contribution is -0.385. The van der Waals surface area contributed by atoms with E-state index in [2.05, 4.69) is 10.3 Å². The van der Waals surface area contributed by atoms with E-state index in [-0.39, 0.29) is 24.0 Å². The first kappa shape index (κ1) is 14.4. The number of ether oxygens (including phenoxy) is 1. The highest BCUT2D eigenvalue weighted by atomic mass is 16.6. The van der Waals surface area contributed by atoms with Crippen LogP contribution in [0.15, 0.2) is 42.6 Å². The third kappa shape index (κ3) is 4.00. The standard InChI is InChI=1S/C14H13N3O4/c1-10-7-11(17(19)20)8-15-14(10)16-13(18)9-21-12-5-3-2-4-6-12/h2-8H,9H2,1H3,(H,15,16,18). The Kier molecular flexibility index (Phi) is 4.45. The molecular formula is C14H13N3O4. The van der Waals surface area contributed by atoms with Gasteiger partial charge in [-0.25, -0.2) is 4.98 Å². The summed E-state index contributed by atoms with van der Waals surface area (Å²) in [5.41, 5.74) is 0.392. The van der Waals surface area contributed by atoms with Crippen LogP contribution >= 0.6 is 0 Å². The van der Waals surface area contributed by atoms with E-state index in [1.54, 1.807) is 31.2 Å². The first-order valence-electron chi connectivity index (χ1n) is 6.15. The highest BCUT2D eigenvalue weighted by Crippen LogP contribution is 2.17. The van der Waals surface area contributed by atoms with Crippen molar-refractivity contribution in [3.63, 3.8) is 0 Å². The fourth-order valence-corrected chi connectivity index (χ4v) is 1.62. The Morgan fingerprint density at radius 2 is 2.10 bits per heavy atom. The van der Waals surface area contributed by atoms with E-state index >= 15 is 0 Å². The predicted molar refractivity (Wildman–Crippen MR) is 76.2 cm³/mol. The van der Waals surface area contributed by atoms with Gasteiger partial charge in [0.15, 0.2) is 6.61 Å². The van der Waals surface area contributed by atoms with Gasteiger partial charge in [0.25, 0.3) is 11.6 Å². The van der Waals surface area contributed by atoms with Crippen LogP contribution < -0.4 is 10.1 Å². The minimum atomic E-state index is -0.538. The maximum Gasteiger partial charge on any atom is 0.287 e. The van der Waals surface area contributed by atoms with Gasteiger partial charge < -0.3 is 10.1 Å². The molecule has 1 aromatic heterocycles. The molecule has 0 saturated heterocycles. The van der Waals surface area contributed by atoms with Crippen LogP contribution in [-0.2, 0) is 4.79 Å². The zero-order valence-electron chi connectivity index (χ0n) is 11.3. The fourth-order valence-electron chi connectivity index (χ4n) is 1.62. The summed E-state index contributed by atoms with van der Waals surface area (Å²) < 4.78 is 5.29. The molecule has 2 aromatic rings. The summed E-state index contributed by atoms with van der Waals surface area (Å²) in [5.74, 6) is 0.478. The van der Waals surface area contributed by atoms with Crippen molar-refractivity contribution in [1.29, 1.82) is 0 Å². The van der Waals surface area contributed by atoms with E-state index in [9.17, 15) is 14.9 Å². The second-order valence-electron chi connectivity index (χ2n) is 4.27. The molecule has 0 atom stereocenters. The summed E-state index contributed by atoms with van der Waals surface area (Å²) in [7, 11) is 0. The topological polar surface area (TPSA) is 94.4 Å². The number of rotatable bonds is 5. The quantitative estimate of drug-likeness (QED) is 0.672. The average Bonchev–Trinajstić information content (AvgIpc) is 2.48. The Bertz CT molecular complexity index is 659. The molecule has 0 fully saturated rings. The lowest BCUT2D eigenvalue weighted by Crippen LogP contribution is -2.21. The Morgan fingerprint density at radius 3 is 2.71 bits per heavy atom. The molecule has 0 aliphatic carbocycles. The van der Waals surface area contributed by atoms with Gasteiger partial charge in [-0.2, -0.15) is 0 Å². The number of nitro groups is 1. The fraction of sp³-hybridized carbons (Fsp3) is 0.143. The molecule has 7 nitrogen and oxygen atoms in total. The van der Waals surface area contributed by atoms with E-state index in [0.717, 1.165) is 6.20 Å². The first-order valence-corrected chi connectivity index (χ1v) is 6.15. The number of para-hydroxylation sites is 1. The molecule has 1 heterocycles.